The summed E-state index contributed by atoms with van der Waals surface area (Å²) in [5.41, 5.74) is 1.88. The van der Waals surface area contributed by atoms with Crippen LogP contribution in [0.4, 0.5) is 0 Å². The Bertz CT molecular complexity index is 648. The highest BCUT2D eigenvalue weighted by Gasteiger charge is 2.33. The second kappa shape index (κ2) is 8.41. The molecule has 0 aromatic heterocycles. The number of carboxylic acids is 1. The van der Waals surface area contributed by atoms with Crippen molar-refractivity contribution in [2.45, 2.75) is 71.1 Å². The number of hydrogen-bond acceptors (Lipinski definition) is 3. The van der Waals surface area contributed by atoms with Crippen LogP contribution in [-0.4, -0.2) is 21.3 Å². The molecule has 4 heteroatoms. The first-order valence-corrected chi connectivity index (χ1v) is 9.34. The number of allylic oxidation sites excluding steroid dienone is 1. The summed E-state index contributed by atoms with van der Waals surface area (Å²) in [7, 11) is 0. The molecule has 0 saturated heterocycles. The number of phenolic OH excluding ortho intramolecular Hbond substituents is 1. The second-order valence-electron chi connectivity index (χ2n) is 7.30. The van der Waals surface area contributed by atoms with Gasteiger partial charge in [-0.2, -0.15) is 0 Å². The standard InChI is InChI=1S/C21H30O4/c1-4-5-6-9-14-12-17(22)19(20(23)18(14)21(24)25)16-11-8-7-10-15(16)13(2)3/h12,15-16,22-23H,2,4-11H2,1,3H3,(H,24,25)/t15-,16?/m0/s1. The Balaban J connectivity index is 2.49. The first kappa shape index (κ1) is 19.4. The third kappa shape index (κ3) is 4.17. The Labute approximate surface area is 150 Å². The average Bonchev–Trinajstić information content (AvgIpc) is 2.54. The molecule has 3 N–H and O–H groups in total. The van der Waals surface area contributed by atoms with E-state index in [2.05, 4.69) is 13.5 Å². The van der Waals surface area contributed by atoms with Gasteiger partial charge in [0.1, 0.15) is 17.1 Å². The van der Waals surface area contributed by atoms with Crippen LogP contribution in [0.2, 0.25) is 0 Å². The molecule has 1 aliphatic rings. The molecule has 1 aromatic carbocycles. The minimum absolute atomic E-state index is 0.0205. The number of rotatable bonds is 7. The van der Waals surface area contributed by atoms with E-state index in [4.69, 9.17) is 0 Å². The van der Waals surface area contributed by atoms with Gasteiger partial charge >= 0.3 is 5.97 Å². The highest BCUT2D eigenvalue weighted by molar-refractivity contribution is 5.93. The molecule has 1 aromatic rings. The van der Waals surface area contributed by atoms with Gasteiger partial charge in [0.05, 0.1) is 0 Å². The van der Waals surface area contributed by atoms with E-state index in [9.17, 15) is 20.1 Å². The summed E-state index contributed by atoms with van der Waals surface area (Å²) in [6.07, 6.45) is 7.29. The molecule has 2 atom stereocenters. The zero-order valence-electron chi connectivity index (χ0n) is 15.3. The lowest BCUT2D eigenvalue weighted by Gasteiger charge is -2.33. The number of phenols is 2. The summed E-state index contributed by atoms with van der Waals surface area (Å²) in [6.45, 7) is 8.11. The van der Waals surface area contributed by atoms with Crippen LogP contribution in [0.15, 0.2) is 18.2 Å². The zero-order valence-corrected chi connectivity index (χ0v) is 15.3. The number of carbonyl (C=O) groups is 1. The van der Waals surface area contributed by atoms with E-state index in [1.165, 1.54) is 0 Å². The smallest absolute Gasteiger partial charge is 0.339 e. The number of aromatic hydroxyl groups is 2. The fourth-order valence-electron chi connectivity index (χ4n) is 4.16. The maximum Gasteiger partial charge on any atom is 0.339 e. The van der Waals surface area contributed by atoms with Crippen molar-refractivity contribution in [2.24, 2.45) is 5.92 Å². The number of unbranched alkanes of at least 4 members (excludes halogenated alkanes) is 2. The molecule has 0 spiro atoms. The lowest BCUT2D eigenvalue weighted by atomic mass is 9.71. The normalized spacial score (nSPS) is 20.4. The molecule has 1 unspecified atom stereocenters. The van der Waals surface area contributed by atoms with E-state index < -0.39 is 5.97 Å². The minimum atomic E-state index is -1.13. The number of aromatic carboxylic acids is 1. The number of carboxylic acid groups (broad SMARTS) is 1. The highest BCUT2D eigenvalue weighted by atomic mass is 16.4. The summed E-state index contributed by atoms with van der Waals surface area (Å²) in [5.74, 6) is -1.27. The summed E-state index contributed by atoms with van der Waals surface area (Å²) in [6, 6.07) is 1.55. The van der Waals surface area contributed by atoms with Gasteiger partial charge in [-0.3, -0.25) is 0 Å². The van der Waals surface area contributed by atoms with Crippen LogP contribution in [0, 0.1) is 5.92 Å². The van der Waals surface area contributed by atoms with Crippen molar-refractivity contribution in [3.63, 3.8) is 0 Å². The molecule has 138 valence electrons. The fraction of sp³-hybridized carbons (Fsp3) is 0.571. The van der Waals surface area contributed by atoms with Crippen molar-refractivity contribution >= 4 is 5.97 Å². The first-order valence-electron chi connectivity index (χ1n) is 9.34. The third-order valence-corrected chi connectivity index (χ3v) is 5.43. The molecule has 0 amide bonds. The summed E-state index contributed by atoms with van der Waals surface area (Å²) in [5, 5.41) is 31.0. The lowest BCUT2D eigenvalue weighted by Crippen LogP contribution is -2.20. The molecule has 1 fully saturated rings. The topological polar surface area (TPSA) is 77.8 Å². The Kier molecular flexibility index (Phi) is 6.51. The molecule has 2 rings (SSSR count). The van der Waals surface area contributed by atoms with Gasteiger partial charge in [0.15, 0.2) is 0 Å². The van der Waals surface area contributed by atoms with Crippen molar-refractivity contribution in [2.75, 3.05) is 0 Å². The van der Waals surface area contributed by atoms with Gasteiger partial charge < -0.3 is 15.3 Å². The summed E-state index contributed by atoms with van der Waals surface area (Å²) in [4.78, 5) is 11.8. The summed E-state index contributed by atoms with van der Waals surface area (Å²) < 4.78 is 0. The molecular formula is C21H30O4. The zero-order chi connectivity index (χ0) is 18.6. The van der Waals surface area contributed by atoms with Gasteiger partial charge in [0.25, 0.3) is 0 Å². The van der Waals surface area contributed by atoms with Crippen molar-refractivity contribution in [3.05, 3.63) is 34.9 Å². The molecule has 25 heavy (non-hydrogen) atoms. The average molecular weight is 346 g/mol. The van der Waals surface area contributed by atoms with Crippen LogP contribution in [0.25, 0.3) is 0 Å². The van der Waals surface area contributed by atoms with Crippen LogP contribution < -0.4 is 0 Å². The maximum atomic E-state index is 11.8. The Morgan fingerprint density at radius 3 is 2.52 bits per heavy atom. The minimum Gasteiger partial charge on any atom is -0.508 e. The van der Waals surface area contributed by atoms with Gasteiger partial charge in [-0.1, -0.05) is 44.8 Å². The van der Waals surface area contributed by atoms with Gasteiger partial charge in [0, 0.05) is 5.56 Å². The molecule has 0 radical (unpaired) electrons. The monoisotopic (exact) mass is 346 g/mol. The van der Waals surface area contributed by atoms with E-state index in [1.54, 1.807) is 6.07 Å². The van der Waals surface area contributed by atoms with Crippen molar-refractivity contribution in [3.8, 4) is 11.5 Å². The third-order valence-electron chi connectivity index (χ3n) is 5.43. The van der Waals surface area contributed by atoms with Crippen molar-refractivity contribution in [1.29, 1.82) is 0 Å². The van der Waals surface area contributed by atoms with Gasteiger partial charge in [-0.05, 0) is 56.1 Å². The molecule has 0 bridgehead atoms. The van der Waals surface area contributed by atoms with Crippen LogP contribution >= 0.6 is 0 Å². The maximum absolute atomic E-state index is 11.8. The van der Waals surface area contributed by atoms with Gasteiger partial charge in [0.2, 0.25) is 0 Å². The highest BCUT2D eigenvalue weighted by Crippen LogP contribution is 2.49. The summed E-state index contributed by atoms with van der Waals surface area (Å²) >= 11 is 0. The Morgan fingerprint density at radius 1 is 1.24 bits per heavy atom. The molecule has 1 saturated carbocycles. The molecule has 1 aliphatic carbocycles. The van der Waals surface area contributed by atoms with E-state index >= 15 is 0 Å². The Morgan fingerprint density at radius 2 is 1.92 bits per heavy atom. The Hall–Kier alpha value is -1.97. The molecule has 4 nitrogen and oxygen atoms in total. The van der Waals surface area contributed by atoms with Gasteiger partial charge in [-0.25, -0.2) is 4.79 Å². The second-order valence-corrected chi connectivity index (χ2v) is 7.30. The number of benzene rings is 1. The number of aryl methyl sites for hydroxylation is 1. The van der Waals surface area contributed by atoms with Crippen LogP contribution in [0.3, 0.4) is 0 Å². The predicted octanol–water partition coefficient (Wildman–Crippen LogP) is 5.38. The van der Waals surface area contributed by atoms with Gasteiger partial charge in [-0.15, -0.1) is 0 Å². The first-order chi connectivity index (χ1) is 11.9. The number of hydrogen-bond donors (Lipinski definition) is 3. The van der Waals surface area contributed by atoms with Crippen molar-refractivity contribution < 1.29 is 20.1 Å². The van der Waals surface area contributed by atoms with Crippen LogP contribution in [0.5, 0.6) is 11.5 Å². The van der Waals surface area contributed by atoms with E-state index in [0.717, 1.165) is 50.5 Å². The fourth-order valence-corrected chi connectivity index (χ4v) is 4.16. The SMILES string of the molecule is C=C(C)[C@@H]1CCCCC1c1c(O)cc(CCCCC)c(C(=O)O)c1O. The van der Waals surface area contributed by atoms with E-state index in [-0.39, 0.29) is 28.9 Å². The molecule has 0 aliphatic heterocycles. The quantitative estimate of drug-likeness (QED) is 0.457. The lowest BCUT2D eigenvalue weighted by molar-refractivity contribution is 0.0692. The predicted molar refractivity (Wildman–Crippen MR) is 99.5 cm³/mol. The van der Waals surface area contributed by atoms with Crippen LogP contribution in [-0.2, 0) is 6.42 Å². The van der Waals surface area contributed by atoms with Crippen LogP contribution in [0.1, 0.15) is 86.2 Å². The molecular weight excluding hydrogens is 316 g/mol. The van der Waals surface area contributed by atoms with Crippen molar-refractivity contribution in [1.82, 2.24) is 0 Å². The molecule has 0 heterocycles. The van der Waals surface area contributed by atoms with E-state index in [0.29, 0.717) is 17.5 Å². The largest absolute Gasteiger partial charge is 0.508 e. The van der Waals surface area contributed by atoms with E-state index in [1.807, 2.05) is 6.92 Å².